The number of rotatable bonds is 5. The maximum atomic E-state index is 6.12. The molecule has 0 atom stereocenters. The Kier molecular flexibility index (Phi) is 4.16. The summed E-state index contributed by atoms with van der Waals surface area (Å²) >= 11 is 0. The van der Waals surface area contributed by atoms with E-state index in [1.54, 1.807) is 0 Å². The number of hydrogen-bond donors (Lipinski definition) is 1. The average Bonchev–Trinajstić information content (AvgIpc) is 2.99. The van der Waals surface area contributed by atoms with Gasteiger partial charge in [0.25, 0.3) is 0 Å². The van der Waals surface area contributed by atoms with Crippen LogP contribution in [0.2, 0.25) is 0 Å². The third-order valence-corrected chi connectivity index (χ3v) is 3.99. The lowest BCUT2D eigenvalue weighted by atomic mass is 10.1. The number of nitrogens with zero attached hydrogens (tertiary/aromatic N) is 1. The number of aromatic nitrogens is 1. The quantitative estimate of drug-likeness (QED) is 0.900. The summed E-state index contributed by atoms with van der Waals surface area (Å²) in [7, 11) is 0. The van der Waals surface area contributed by atoms with E-state index in [1.807, 2.05) is 6.20 Å². The van der Waals surface area contributed by atoms with Crippen LogP contribution in [0, 0.1) is 0 Å². The van der Waals surface area contributed by atoms with Crippen molar-refractivity contribution in [1.82, 2.24) is 10.3 Å². The van der Waals surface area contributed by atoms with E-state index in [4.69, 9.17) is 4.74 Å². The highest BCUT2D eigenvalue weighted by atomic mass is 16.5. The molecule has 0 aliphatic heterocycles. The Bertz CT molecular complexity index is 576. The van der Waals surface area contributed by atoms with Crippen LogP contribution >= 0.6 is 0 Å². The monoisotopic (exact) mass is 270 g/mol. The molecule has 3 nitrogen and oxygen atoms in total. The average molecular weight is 270 g/mol. The van der Waals surface area contributed by atoms with Crippen molar-refractivity contribution in [2.24, 2.45) is 0 Å². The molecule has 2 aromatic rings. The second kappa shape index (κ2) is 6.23. The molecule has 106 valence electrons. The van der Waals surface area contributed by atoms with Gasteiger partial charge in [0.2, 0.25) is 5.88 Å². The van der Waals surface area contributed by atoms with E-state index >= 15 is 0 Å². The molecular formula is C17H22N2O. The Labute approximate surface area is 120 Å². The van der Waals surface area contributed by atoms with Gasteiger partial charge in [-0.15, -0.1) is 0 Å². The van der Waals surface area contributed by atoms with Gasteiger partial charge in [-0.3, -0.25) is 0 Å². The predicted molar refractivity (Wildman–Crippen MR) is 82.0 cm³/mol. The summed E-state index contributed by atoms with van der Waals surface area (Å²) < 4.78 is 6.12. The minimum absolute atomic E-state index is 0.352. The van der Waals surface area contributed by atoms with Crippen molar-refractivity contribution in [3.05, 3.63) is 36.0 Å². The van der Waals surface area contributed by atoms with Crippen molar-refractivity contribution < 1.29 is 4.74 Å². The van der Waals surface area contributed by atoms with Gasteiger partial charge in [-0.2, -0.15) is 0 Å². The summed E-state index contributed by atoms with van der Waals surface area (Å²) in [5.41, 5.74) is 1.24. The van der Waals surface area contributed by atoms with Crippen molar-refractivity contribution >= 4 is 10.8 Å². The van der Waals surface area contributed by atoms with Crippen molar-refractivity contribution in [3.8, 4) is 5.88 Å². The van der Waals surface area contributed by atoms with Crippen molar-refractivity contribution in [2.45, 2.75) is 45.3 Å². The van der Waals surface area contributed by atoms with Gasteiger partial charge < -0.3 is 10.1 Å². The summed E-state index contributed by atoms with van der Waals surface area (Å²) in [4.78, 5) is 4.56. The van der Waals surface area contributed by atoms with Crippen LogP contribution in [0.15, 0.2) is 30.5 Å². The van der Waals surface area contributed by atoms with Crippen molar-refractivity contribution in [1.29, 1.82) is 0 Å². The molecule has 0 unspecified atom stereocenters. The second-order valence-electron chi connectivity index (χ2n) is 5.44. The first-order valence-electron chi connectivity index (χ1n) is 7.62. The van der Waals surface area contributed by atoms with E-state index in [1.165, 1.54) is 23.8 Å². The van der Waals surface area contributed by atoms with Gasteiger partial charge in [-0.25, -0.2) is 4.98 Å². The van der Waals surface area contributed by atoms with Gasteiger partial charge in [0, 0.05) is 18.1 Å². The van der Waals surface area contributed by atoms with Crippen LogP contribution in [-0.2, 0) is 6.54 Å². The fourth-order valence-corrected chi connectivity index (χ4v) is 2.88. The highest BCUT2D eigenvalue weighted by molar-refractivity contribution is 5.89. The largest absolute Gasteiger partial charge is 0.474 e. The van der Waals surface area contributed by atoms with Gasteiger partial charge in [0.15, 0.2) is 0 Å². The Hall–Kier alpha value is -1.61. The molecule has 0 saturated heterocycles. The van der Waals surface area contributed by atoms with Gasteiger partial charge in [-0.1, -0.05) is 25.1 Å². The fraction of sp³-hybridized carbons (Fsp3) is 0.471. The molecule has 1 heterocycles. The molecule has 1 aliphatic rings. The van der Waals surface area contributed by atoms with Gasteiger partial charge >= 0.3 is 0 Å². The summed E-state index contributed by atoms with van der Waals surface area (Å²) in [6.45, 7) is 3.94. The lowest BCUT2D eigenvalue weighted by Gasteiger charge is -2.15. The van der Waals surface area contributed by atoms with E-state index < -0.39 is 0 Å². The molecule has 3 heteroatoms. The maximum absolute atomic E-state index is 6.12. The number of fused-ring (bicyclic) bond motifs is 1. The van der Waals surface area contributed by atoms with Crippen LogP contribution in [-0.4, -0.2) is 17.6 Å². The van der Waals surface area contributed by atoms with Crippen molar-refractivity contribution in [3.63, 3.8) is 0 Å². The van der Waals surface area contributed by atoms with Crippen LogP contribution in [0.5, 0.6) is 5.88 Å². The first-order chi connectivity index (χ1) is 9.88. The molecule has 3 rings (SSSR count). The first-order valence-corrected chi connectivity index (χ1v) is 7.62. The summed E-state index contributed by atoms with van der Waals surface area (Å²) in [6.07, 6.45) is 7.19. The smallest absolute Gasteiger partial charge is 0.221 e. The second-order valence-corrected chi connectivity index (χ2v) is 5.44. The summed E-state index contributed by atoms with van der Waals surface area (Å²) in [5.74, 6) is 0.799. The minimum Gasteiger partial charge on any atom is -0.474 e. The number of benzene rings is 1. The third-order valence-electron chi connectivity index (χ3n) is 3.99. The fourth-order valence-electron chi connectivity index (χ4n) is 2.88. The molecule has 0 radical (unpaired) electrons. The molecule has 1 fully saturated rings. The van der Waals surface area contributed by atoms with Crippen LogP contribution in [0.25, 0.3) is 10.8 Å². The Morgan fingerprint density at radius 3 is 2.70 bits per heavy atom. The Morgan fingerprint density at radius 1 is 1.20 bits per heavy atom. The molecule has 0 spiro atoms. The number of pyridine rings is 1. The Morgan fingerprint density at radius 2 is 1.95 bits per heavy atom. The highest BCUT2D eigenvalue weighted by Crippen LogP contribution is 2.30. The van der Waals surface area contributed by atoms with Crippen molar-refractivity contribution in [2.75, 3.05) is 6.54 Å². The molecule has 0 bridgehead atoms. The lowest BCUT2D eigenvalue weighted by Crippen LogP contribution is -2.14. The van der Waals surface area contributed by atoms with E-state index in [2.05, 4.69) is 41.5 Å². The van der Waals surface area contributed by atoms with E-state index in [-0.39, 0.29) is 0 Å². The molecule has 1 saturated carbocycles. The summed E-state index contributed by atoms with van der Waals surface area (Å²) in [5, 5.41) is 5.75. The van der Waals surface area contributed by atoms with Crippen LogP contribution < -0.4 is 10.1 Å². The number of nitrogens with one attached hydrogen (secondary N) is 1. The molecule has 20 heavy (non-hydrogen) atoms. The molecule has 1 N–H and O–H groups in total. The predicted octanol–water partition coefficient (Wildman–Crippen LogP) is 3.67. The first kappa shape index (κ1) is 13.4. The molecule has 1 aromatic heterocycles. The highest BCUT2D eigenvalue weighted by Gasteiger charge is 2.18. The van der Waals surface area contributed by atoms with E-state index in [9.17, 15) is 0 Å². The molecule has 1 aromatic carbocycles. The lowest BCUT2D eigenvalue weighted by molar-refractivity contribution is 0.204. The van der Waals surface area contributed by atoms with E-state index in [0.29, 0.717) is 6.10 Å². The maximum Gasteiger partial charge on any atom is 0.221 e. The number of ether oxygens (including phenoxy) is 1. The van der Waals surface area contributed by atoms with Crippen LogP contribution in [0.4, 0.5) is 0 Å². The normalized spacial score (nSPS) is 15.8. The molecule has 0 amide bonds. The molecular weight excluding hydrogens is 248 g/mol. The topological polar surface area (TPSA) is 34.2 Å². The Balaban J connectivity index is 1.92. The van der Waals surface area contributed by atoms with Crippen LogP contribution in [0.3, 0.4) is 0 Å². The zero-order valence-electron chi connectivity index (χ0n) is 12.1. The molecule has 1 aliphatic carbocycles. The minimum atomic E-state index is 0.352. The van der Waals surface area contributed by atoms with Gasteiger partial charge in [0.1, 0.15) is 6.10 Å². The zero-order valence-corrected chi connectivity index (χ0v) is 12.1. The third kappa shape index (κ3) is 2.78. The SMILES string of the molecule is CCNCc1cnc(OC2CCCC2)c2ccccc12. The number of hydrogen-bond acceptors (Lipinski definition) is 3. The summed E-state index contributed by atoms with van der Waals surface area (Å²) in [6, 6.07) is 8.41. The standard InChI is InChI=1S/C17H22N2O/c1-2-18-11-13-12-19-17(20-14-7-3-4-8-14)16-10-6-5-9-15(13)16/h5-6,9-10,12,14,18H,2-4,7-8,11H2,1H3. The van der Waals surface area contributed by atoms with E-state index in [0.717, 1.165) is 37.2 Å². The van der Waals surface area contributed by atoms with Gasteiger partial charge in [-0.05, 0) is 49.2 Å². The zero-order chi connectivity index (χ0) is 13.8. The van der Waals surface area contributed by atoms with Gasteiger partial charge in [0.05, 0.1) is 0 Å². The van der Waals surface area contributed by atoms with Crippen LogP contribution in [0.1, 0.15) is 38.2 Å².